The highest BCUT2D eigenvalue weighted by Gasteiger charge is 2.35. The predicted octanol–water partition coefficient (Wildman–Crippen LogP) is 3.63. The number of hydrogen-bond acceptors (Lipinski definition) is 5. The lowest BCUT2D eigenvalue weighted by Crippen LogP contribution is -2.46. The van der Waals surface area contributed by atoms with E-state index in [9.17, 15) is 9.59 Å². The van der Waals surface area contributed by atoms with E-state index in [1.165, 1.54) is 6.42 Å². The molecular formula is C25H32N2O5. The third-order valence-corrected chi connectivity index (χ3v) is 6.26. The fourth-order valence-electron chi connectivity index (χ4n) is 4.61. The van der Waals surface area contributed by atoms with Crippen molar-refractivity contribution in [3.05, 3.63) is 59.5 Å². The van der Waals surface area contributed by atoms with Crippen LogP contribution in [0.15, 0.2) is 46.9 Å². The van der Waals surface area contributed by atoms with Gasteiger partial charge in [-0.25, -0.2) is 0 Å². The number of hydrogen-bond donors (Lipinski definition) is 0. The summed E-state index contributed by atoms with van der Waals surface area (Å²) in [5.41, 5.74) is 1.07. The van der Waals surface area contributed by atoms with Crippen molar-refractivity contribution in [2.75, 3.05) is 26.7 Å². The lowest BCUT2D eigenvalue weighted by Gasteiger charge is -2.34. The van der Waals surface area contributed by atoms with Gasteiger partial charge in [-0.2, -0.15) is 0 Å². The minimum atomic E-state index is -0.292. The van der Waals surface area contributed by atoms with Gasteiger partial charge in [0.25, 0.3) is 5.91 Å². The van der Waals surface area contributed by atoms with Crippen molar-refractivity contribution in [3.63, 3.8) is 0 Å². The Balaban J connectivity index is 1.51. The fraction of sp³-hybridized carbons (Fsp3) is 0.520. The van der Waals surface area contributed by atoms with E-state index in [0.717, 1.165) is 31.2 Å². The summed E-state index contributed by atoms with van der Waals surface area (Å²) in [6.07, 6.45) is 5.27. The second-order valence-corrected chi connectivity index (χ2v) is 8.64. The van der Waals surface area contributed by atoms with Gasteiger partial charge in [0.15, 0.2) is 5.76 Å². The molecule has 1 aromatic carbocycles. The Labute approximate surface area is 189 Å². The molecule has 32 heavy (non-hydrogen) atoms. The van der Waals surface area contributed by atoms with Crippen LogP contribution in [0.4, 0.5) is 0 Å². The Hall–Kier alpha value is -2.64. The van der Waals surface area contributed by atoms with E-state index in [2.05, 4.69) is 0 Å². The van der Waals surface area contributed by atoms with Gasteiger partial charge in [0.1, 0.15) is 18.9 Å². The van der Waals surface area contributed by atoms with E-state index < -0.39 is 0 Å². The van der Waals surface area contributed by atoms with Gasteiger partial charge in [-0.1, -0.05) is 49.6 Å². The SMILES string of the molecule is COCc1ccc(C(=O)N2CC(=O)N(C3CCCCC3)C[C@H](OCc3ccccc3)C2)o1. The predicted molar refractivity (Wildman–Crippen MR) is 119 cm³/mol. The maximum atomic E-state index is 13.2. The lowest BCUT2D eigenvalue weighted by molar-refractivity contribution is -0.134. The maximum Gasteiger partial charge on any atom is 0.290 e. The molecule has 0 unspecified atom stereocenters. The minimum Gasteiger partial charge on any atom is -0.453 e. The zero-order chi connectivity index (χ0) is 22.3. The highest BCUT2D eigenvalue weighted by molar-refractivity contribution is 5.94. The number of amides is 2. The first-order chi connectivity index (χ1) is 15.6. The molecule has 1 aliphatic heterocycles. The molecule has 1 atom stereocenters. The van der Waals surface area contributed by atoms with Crippen LogP contribution in [-0.4, -0.2) is 60.5 Å². The van der Waals surface area contributed by atoms with Crippen LogP contribution in [0.25, 0.3) is 0 Å². The molecule has 0 radical (unpaired) electrons. The molecular weight excluding hydrogens is 408 g/mol. The molecule has 2 aliphatic rings. The summed E-state index contributed by atoms with van der Waals surface area (Å²) in [6.45, 7) is 1.64. The number of benzene rings is 1. The standard InChI is InChI=1S/C25H32N2O5/c1-30-18-21-12-13-23(32-21)25(29)26-14-22(31-17-19-8-4-2-5-9-19)15-27(24(28)16-26)20-10-6-3-7-11-20/h2,4-5,8-9,12-13,20,22H,3,6-7,10-11,14-18H2,1H3/t22-/m1/s1. The molecule has 1 aromatic heterocycles. The van der Waals surface area contributed by atoms with Crippen LogP contribution >= 0.6 is 0 Å². The summed E-state index contributed by atoms with van der Waals surface area (Å²) in [7, 11) is 1.58. The number of methoxy groups -OCH3 is 1. The summed E-state index contributed by atoms with van der Waals surface area (Å²) < 4.78 is 17.0. The monoisotopic (exact) mass is 440 g/mol. The van der Waals surface area contributed by atoms with Gasteiger partial charge in [0.2, 0.25) is 5.91 Å². The third-order valence-electron chi connectivity index (χ3n) is 6.26. The average molecular weight is 441 g/mol. The lowest BCUT2D eigenvalue weighted by atomic mass is 9.94. The Bertz CT molecular complexity index is 891. The maximum absolute atomic E-state index is 13.2. The summed E-state index contributed by atoms with van der Waals surface area (Å²) in [5, 5.41) is 0. The van der Waals surface area contributed by atoms with Crippen LogP contribution in [0.3, 0.4) is 0 Å². The van der Waals surface area contributed by atoms with Crippen molar-refractivity contribution in [3.8, 4) is 0 Å². The molecule has 0 bridgehead atoms. The molecule has 1 saturated heterocycles. The molecule has 7 nitrogen and oxygen atoms in total. The number of nitrogens with zero attached hydrogens (tertiary/aromatic N) is 2. The summed E-state index contributed by atoms with van der Waals surface area (Å²) in [5.74, 6) is 0.495. The third kappa shape index (κ3) is 5.58. The Morgan fingerprint density at radius 1 is 1.03 bits per heavy atom. The molecule has 2 fully saturated rings. The van der Waals surface area contributed by atoms with Crippen LogP contribution < -0.4 is 0 Å². The normalized spacial score (nSPS) is 20.4. The minimum absolute atomic E-state index is 0.0141. The van der Waals surface area contributed by atoms with E-state index in [1.54, 1.807) is 24.1 Å². The van der Waals surface area contributed by atoms with E-state index >= 15 is 0 Å². The number of carbonyl (C=O) groups excluding carboxylic acids is 2. The smallest absolute Gasteiger partial charge is 0.290 e. The van der Waals surface area contributed by atoms with Crippen molar-refractivity contribution in [1.82, 2.24) is 9.80 Å². The number of ether oxygens (including phenoxy) is 2. The molecule has 2 amide bonds. The van der Waals surface area contributed by atoms with Crippen molar-refractivity contribution in [2.24, 2.45) is 0 Å². The first kappa shape index (κ1) is 22.6. The van der Waals surface area contributed by atoms with Gasteiger partial charge < -0.3 is 23.7 Å². The zero-order valence-corrected chi connectivity index (χ0v) is 18.7. The van der Waals surface area contributed by atoms with Crippen LogP contribution in [0.1, 0.15) is 54.0 Å². The van der Waals surface area contributed by atoms with Gasteiger partial charge >= 0.3 is 0 Å². The van der Waals surface area contributed by atoms with Crippen molar-refractivity contribution < 1.29 is 23.5 Å². The van der Waals surface area contributed by atoms with Crippen molar-refractivity contribution in [1.29, 1.82) is 0 Å². The van der Waals surface area contributed by atoms with Gasteiger partial charge in [0, 0.05) is 26.2 Å². The first-order valence-corrected chi connectivity index (χ1v) is 11.5. The second-order valence-electron chi connectivity index (χ2n) is 8.64. The first-order valence-electron chi connectivity index (χ1n) is 11.5. The van der Waals surface area contributed by atoms with E-state index in [4.69, 9.17) is 13.9 Å². The van der Waals surface area contributed by atoms with Gasteiger partial charge in [0.05, 0.1) is 12.7 Å². The average Bonchev–Trinajstić information content (AvgIpc) is 3.22. The second kappa shape index (κ2) is 10.8. The van der Waals surface area contributed by atoms with Crippen molar-refractivity contribution in [2.45, 2.75) is 57.5 Å². The van der Waals surface area contributed by atoms with E-state index in [0.29, 0.717) is 32.1 Å². The van der Waals surface area contributed by atoms with Crippen molar-refractivity contribution >= 4 is 11.8 Å². The molecule has 172 valence electrons. The largest absolute Gasteiger partial charge is 0.453 e. The Morgan fingerprint density at radius 3 is 2.56 bits per heavy atom. The molecule has 7 heteroatoms. The van der Waals surface area contributed by atoms with E-state index in [1.807, 2.05) is 35.2 Å². The zero-order valence-electron chi connectivity index (χ0n) is 18.7. The quantitative estimate of drug-likeness (QED) is 0.658. The van der Waals surface area contributed by atoms with Gasteiger partial charge in [-0.05, 0) is 30.5 Å². The molecule has 0 spiro atoms. The molecule has 0 N–H and O–H groups in total. The molecule has 2 heterocycles. The Morgan fingerprint density at radius 2 is 1.81 bits per heavy atom. The highest BCUT2D eigenvalue weighted by Crippen LogP contribution is 2.25. The summed E-state index contributed by atoms with van der Waals surface area (Å²) in [6, 6.07) is 13.6. The van der Waals surface area contributed by atoms with E-state index in [-0.39, 0.29) is 36.3 Å². The number of rotatable bonds is 7. The Kier molecular flexibility index (Phi) is 7.60. The van der Waals surface area contributed by atoms with Crippen LogP contribution in [0, 0.1) is 0 Å². The van der Waals surface area contributed by atoms with Crippen LogP contribution in [0.2, 0.25) is 0 Å². The number of furan rings is 1. The molecule has 1 saturated carbocycles. The van der Waals surface area contributed by atoms with Crippen LogP contribution in [0.5, 0.6) is 0 Å². The highest BCUT2D eigenvalue weighted by atomic mass is 16.5. The van der Waals surface area contributed by atoms with Gasteiger partial charge in [-0.15, -0.1) is 0 Å². The molecule has 1 aliphatic carbocycles. The molecule has 4 rings (SSSR count). The van der Waals surface area contributed by atoms with Crippen LogP contribution in [-0.2, 0) is 27.5 Å². The molecule has 2 aromatic rings. The fourth-order valence-corrected chi connectivity index (χ4v) is 4.61. The summed E-state index contributed by atoms with van der Waals surface area (Å²) in [4.78, 5) is 29.9. The van der Waals surface area contributed by atoms with Gasteiger partial charge in [-0.3, -0.25) is 9.59 Å². The summed E-state index contributed by atoms with van der Waals surface area (Å²) >= 11 is 0. The number of carbonyl (C=O) groups is 2. The topological polar surface area (TPSA) is 72.2 Å².